The van der Waals surface area contributed by atoms with E-state index in [0.29, 0.717) is 0 Å². The first-order valence-electron chi connectivity index (χ1n) is 7.61. The highest BCUT2D eigenvalue weighted by Crippen LogP contribution is 2.27. The molecule has 0 saturated carbocycles. The molecule has 0 bridgehead atoms. The second kappa shape index (κ2) is 6.71. The molecule has 1 saturated heterocycles. The van der Waals surface area contributed by atoms with Crippen LogP contribution in [-0.2, 0) is 9.47 Å². The van der Waals surface area contributed by atoms with Crippen molar-refractivity contribution in [3.05, 3.63) is 71.8 Å². The largest absolute Gasteiger partial charge is 0.331 e. The maximum Gasteiger partial charge on any atom is 0.166 e. The smallest absolute Gasteiger partial charge is 0.166 e. The van der Waals surface area contributed by atoms with Crippen LogP contribution in [-0.4, -0.2) is 18.0 Å². The van der Waals surface area contributed by atoms with Crippen LogP contribution in [0.4, 0.5) is 0 Å². The van der Waals surface area contributed by atoms with E-state index in [1.807, 2.05) is 74.5 Å². The minimum atomic E-state index is -0.675. The molecular weight excluding hydrogens is 284 g/mol. The molecule has 0 aliphatic carbocycles. The molecule has 1 fully saturated rings. The Labute approximate surface area is 137 Å². The van der Waals surface area contributed by atoms with Crippen molar-refractivity contribution in [2.75, 3.05) is 0 Å². The minimum absolute atomic E-state index is 0.360. The second-order valence-corrected chi connectivity index (χ2v) is 5.75. The zero-order valence-corrected chi connectivity index (χ0v) is 13.2. The lowest BCUT2D eigenvalue weighted by atomic mass is 10.1. The van der Waals surface area contributed by atoms with Crippen molar-refractivity contribution in [2.45, 2.75) is 31.8 Å². The molecule has 0 radical (unpaired) electrons. The Morgan fingerprint density at radius 1 is 0.696 bits per heavy atom. The highest BCUT2D eigenvalue weighted by atomic mass is 16.7. The topological polar surface area (TPSA) is 18.5 Å². The number of rotatable bonds is 0. The predicted molar refractivity (Wildman–Crippen MR) is 90.5 cm³/mol. The van der Waals surface area contributed by atoms with Crippen LogP contribution in [0.25, 0.3) is 0 Å². The molecule has 2 atom stereocenters. The second-order valence-electron chi connectivity index (χ2n) is 5.75. The maximum atomic E-state index is 5.87. The highest BCUT2D eigenvalue weighted by molar-refractivity contribution is 5.38. The maximum absolute atomic E-state index is 5.87. The van der Waals surface area contributed by atoms with Crippen LogP contribution in [0.2, 0.25) is 0 Å². The van der Waals surface area contributed by atoms with Gasteiger partial charge in [-0.1, -0.05) is 60.1 Å². The predicted octanol–water partition coefficient (Wildman–Crippen LogP) is 3.61. The van der Waals surface area contributed by atoms with E-state index in [1.54, 1.807) is 0 Å². The van der Waals surface area contributed by atoms with E-state index in [2.05, 4.69) is 23.7 Å². The molecule has 2 unspecified atom stereocenters. The summed E-state index contributed by atoms with van der Waals surface area (Å²) >= 11 is 0. The lowest BCUT2D eigenvalue weighted by molar-refractivity contribution is -0.137. The molecule has 0 amide bonds. The molecule has 2 aromatic rings. The van der Waals surface area contributed by atoms with Crippen molar-refractivity contribution in [3.63, 3.8) is 0 Å². The van der Waals surface area contributed by atoms with Crippen molar-refractivity contribution >= 4 is 0 Å². The van der Waals surface area contributed by atoms with Crippen molar-refractivity contribution in [1.29, 1.82) is 0 Å². The molecule has 23 heavy (non-hydrogen) atoms. The molecule has 2 aromatic carbocycles. The van der Waals surface area contributed by atoms with Gasteiger partial charge in [-0.3, -0.25) is 0 Å². The van der Waals surface area contributed by atoms with Gasteiger partial charge in [0.25, 0.3) is 0 Å². The van der Waals surface area contributed by atoms with Gasteiger partial charge in [0, 0.05) is 11.1 Å². The summed E-state index contributed by atoms with van der Waals surface area (Å²) in [6.45, 7) is 3.77. The van der Waals surface area contributed by atoms with Gasteiger partial charge in [0.15, 0.2) is 18.0 Å². The van der Waals surface area contributed by atoms with Gasteiger partial charge >= 0.3 is 0 Å². The van der Waals surface area contributed by atoms with Crippen LogP contribution in [0.5, 0.6) is 0 Å². The number of hydrogen-bond donors (Lipinski definition) is 0. The van der Waals surface area contributed by atoms with Gasteiger partial charge in [-0.25, -0.2) is 0 Å². The molecule has 1 heterocycles. The van der Waals surface area contributed by atoms with Crippen LogP contribution in [0, 0.1) is 23.7 Å². The van der Waals surface area contributed by atoms with Crippen LogP contribution in [0.3, 0.4) is 0 Å². The summed E-state index contributed by atoms with van der Waals surface area (Å²) in [7, 11) is 0. The van der Waals surface area contributed by atoms with E-state index >= 15 is 0 Å². The van der Waals surface area contributed by atoms with Crippen LogP contribution in [0.1, 0.15) is 25.0 Å². The zero-order chi connectivity index (χ0) is 16.1. The first-order chi connectivity index (χ1) is 11.1. The summed E-state index contributed by atoms with van der Waals surface area (Å²) < 4.78 is 11.7. The first-order valence-corrected chi connectivity index (χ1v) is 7.61. The summed E-state index contributed by atoms with van der Waals surface area (Å²) in [4.78, 5) is 0. The third-order valence-corrected chi connectivity index (χ3v) is 3.36. The molecule has 1 aliphatic rings. The van der Waals surface area contributed by atoms with Gasteiger partial charge in [0.1, 0.15) is 0 Å². The molecule has 114 valence electrons. The summed E-state index contributed by atoms with van der Waals surface area (Å²) in [5.74, 6) is 11.9. The fraction of sp³-hybridized carbons (Fsp3) is 0.238. The van der Waals surface area contributed by atoms with E-state index in [9.17, 15) is 0 Å². The van der Waals surface area contributed by atoms with E-state index in [4.69, 9.17) is 9.47 Å². The van der Waals surface area contributed by atoms with Crippen molar-refractivity contribution in [1.82, 2.24) is 0 Å². The van der Waals surface area contributed by atoms with Crippen LogP contribution in [0.15, 0.2) is 60.7 Å². The Hall–Kier alpha value is -2.52. The van der Waals surface area contributed by atoms with Gasteiger partial charge in [-0.15, -0.1) is 0 Å². The van der Waals surface area contributed by atoms with E-state index in [-0.39, 0.29) is 12.2 Å². The fourth-order valence-corrected chi connectivity index (χ4v) is 2.33. The minimum Gasteiger partial charge on any atom is -0.331 e. The summed E-state index contributed by atoms with van der Waals surface area (Å²) in [6.07, 6.45) is -0.720. The van der Waals surface area contributed by atoms with Gasteiger partial charge in [-0.05, 0) is 38.1 Å². The Kier molecular flexibility index (Phi) is 4.49. The van der Waals surface area contributed by atoms with Gasteiger partial charge in [0.05, 0.1) is 0 Å². The Bertz CT molecular complexity index is 703. The Balaban J connectivity index is 1.81. The number of ether oxygens (including phenoxy) is 2. The number of hydrogen-bond acceptors (Lipinski definition) is 2. The van der Waals surface area contributed by atoms with E-state index in [1.165, 1.54) is 0 Å². The molecule has 2 heteroatoms. The summed E-state index contributed by atoms with van der Waals surface area (Å²) in [5.41, 5.74) is 1.91. The van der Waals surface area contributed by atoms with E-state index in [0.717, 1.165) is 11.1 Å². The molecular formula is C21H18O2. The molecule has 2 nitrogen and oxygen atoms in total. The summed E-state index contributed by atoms with van der Waals surface area (Å²) in [6, 6.07) is 19.7. The third kappa shape index (κ3) is 4.24. The Morgan fingerprint density at radius 2 is 1.09 bits per heavy atom. The monoisotopic (exact) mass is 302 g/mol. The molecule has 1 aliphatic heterocycles. The number of benzene rings is 2. The van der Waals surface area contributed by atoms with Gasteiger partial charge in [0.2, 0.25) is 0 Å². The van der Waals surface area contributed by atoms with Gasteiger partial charge < -0.3 is 9.47 Å². The standard InChI is InChI=1S/C21H18O2/c1-21(2)22-19(15-13-17-9-5-3-6-10-17)20(23-21)16-14-18-11-7-4-8-12-18/h3-12,19-20H,1-2H3. The molecule has 3 rings (SSSR count). The van der Waals surface area contributed by atoms with Crippen LogP contribution < -0.4 is 0 Å². The molecule has 0 N–H and O–H groups in total. The van der Waals surface area contributed by atoms with Crippen LogP contribution >= 0.6 is 0 Å². The summed E-state index contributed by atoms with van der Waals surface area (Å²) in [5, 5.41) is 0. The lowest BCUT2D eigenvalue weighted by Gasteiger charge is -2.14. The zero-order valence-electron chi connectivity index (χ0n) is 13.2. The lowest BCUT2D eigenvalue weighted by Crippen LogP contribution is -2.21. The quantitative estimate of drug-likeness (QED) is 0.692. The third-order valence-electron chi connectivity index (χ3n) is 3.36. The fourth-order valence-electron chi connectivity index (χ4n) is 2.33. The molecule has 0 spiro atoms. The Morgan fingerprint density at radius 3 is 1.48 bits per heavy atom. The average molecular weight is 302 g/mol. The van der Waals surface area contributed by atoms with Crippen molar-refractivity contribution in [3.8, 4) is 23.7 Å². The first kappa shape index (κ1) is 15.4. The van der Waals surface area contributed by atoms with E-state index < -0.39 is 5.79 Å². The highest BCUT2D eigenvalue weighted by Gasteiger charge is 2.39. The van der Waals surface area contributed by atoms with Crippen molar-refractivity contribution < 1.29 is 9.47 Å². The normalized spacial score (nSPS) is 21.7. The SMILES string of the molecule is CC1(C)OC(C#Cc2ccccc2)C(C#Cc2ccccc2)O1. The van der Waals surface area contributed by atoms with Crippen molar-refractivity contribution in [2.24, 2.45) is 0 Å². The van der Waals surface area contributed by atoms with Gasteiger partial charge in [-0.2, -0.15) is 0 Å². The molecule has 0 aromatic heterocycles. The average Bonchev–Trinajstić information content (AvgIpc) is 2.87.